The highest BCUT2D eigenvalue weighted by atomic mass is 79.9. The summed E-state index contributed by atoms with van der Waals surface area (Å²) >= 11 is 9.75. The highest BCUT2D eigenvalue weighted by Crippen LogP contribution is 2.35. The lowest BCUT2D eigenvalue weighted by atomic mass is 10.0. The number of aromatic nitrogens is 1. The minimum Gasteiger partial charge on any atom is -0.438 e. The van der Waals surface area contributed by atoms with Gasteiger partial charge in [-0.3, -0.25) is 0 Å². The van der Waals surface area contributed by atoms with Crippen LogP contribution in [0, 0.1) is 13.8 Å². The number of hydrogen-bond donors (Lipinski definition) is 0. The van der Waals surface area contributed by atoms with Gasteiger partial charge in [0, 0.05) is 11.2 Å². The molecule has 0 N–H and O–H groups in total. The van der Waals surface area contributed by atoms with Gasteiger partial charge in [0.2, 0.25) is 5.88 Å². The molecule has 2 rings (SSSR count). The molecule has 2 aromatic rings. The fourth-order valence-corrected chi connectivity index (χ4v) is 2.90. The molecule has 0 atom stereocenters. The van der Waals surface area contributed by atoms with Crippen LogP contribution in [0.1, 0.15) is 36.5 Å². The van der Waals surface area contributed by atoms with Gasteiger partial charge in [0.25, 0.3) is 0 Å². The minimum atomic E-state index is 0.347. The Hall–Kier alpha value is -1.06. The SMILES string of the molecule is Cc1cnc(Oc2cc(C(C)C)c(Cl)cc2C)c(Br)c1. The van der Waals surface area contributed by atoms with Crippen molar-refractivity contribution in [3.05, 3.63) is 50.6 Å². The van der Waals surface area contributed by atoms with E-state index >= 15 is 0 Å². The third kappa shape index (κ3) is 3.33. The van der Waals surface area contributed by atoms with Gasteiger partial charge in [0.05, 0.1) is 4.47 Å². The van der Waals surface area contributed by atoms with Crippen molar-refractivity contribution in [2.75, 3.05) is 0 Å². The first-order valence-corrected chi connectivity index (χ1v) is 7.65. The number of rotatable bonds is 3. The van der Waals surface area contributed by atoms with Gasteiger partial charge < -0.3 is 4.74 Å². The fourth-order valence-electron chi connectivity index (χ4n) is 1.92. The van der Waals surface area contributed by atoms with Crippen LogP contribution in [-0.4, -0.2) is 4.98 Å². The molecule has 0 spiro atoms. The lowest BCUT2D eigenvalue weighted by molar-refractivity contribution is 0.455. The van der Waals surface area contributed by atoms with Crippen LogP contribution < -0.4 is 4.74 Å². The van der Waals surface area contributed by atoms with Gasteiger partial charge in [-0.15, -0.1) is 0 Å². The Bertz CT molecular complexity index is 641. The highest BCUT2D eigenvalue weighted by Gasteiger charge is 2.12. The predicted molar refractivity (Wildman–Crippen MR) is 87.0 cm³/mol. The molecule has 0 aliphatic heterocycles. The van der Waals surface area contributed by atoms with E-state index in [1.165, 1.54) is 0 Å². The molecular weight excluding hydrogens is 338 g/mol. The molecule has 1 heterocycles. The molecule has 0 aliphatic carbocycles. The van der Waals surface area contributed by atoms with Crippen LogP contribution in [0.3, 0.4) is 0 Å². The van der Waals surface area contributed by atoms with Crippen LogP contribution in [0.5, 0.6) is 11.6 Å². The summed E-state index contributed by atoms with van der Waals surface area (Å²) < 4.78 is 6.77. The van der Waals surface area contributed by atoms with E-state index in [9.17, 15) is 0 Å². The van der Waals surface area contributed by atoms with Crippen LogP contribution in [0.4, 0.5) is 0 Å². The van der Waals surface area contributed by atoms with Crippen molar-refractivity contribution >= 4 is 27.5 Å². The number of ether oxygens (including phenoxy) is 1. The molecule has 4 heteroatoms. The molecule has 0 aliphatic rings. The van der Waals surface area contributed by atoms with Crippen LogP contribution in [0.15, 0.2) is 28.9 Å². The van der Waals surface area contributed by atoms with Crippen LogP contribution in [0.2, 0.25) is 5.02 Å². The Morgan fingerprint density at radius 3 is 2.50 bits per heavy atom. The zero-order valence-electron chi connectivity index (χ0n) is 12.0. The first kappa shape index (κ1) is 15.3. The van der Waals surface area contributed by atoms with Gasteiger partial charge in [-0.2, -0.15) is 0 Å². The van der Waals surface area contributed by atoms with Crippen molar-refractivity contribution in [2.45, 2.75) is 33.6 Å². The maximum absolute atomic E-state index is 6.27. The Morgan fingerprint density at radius 2 is 1.90 bits per heavy atom. The third-order valence-electron chi connectivity index (χ3n) is 3.07. The maximum Gasteiger partial charge on any atom is 0.233 e. The van der Waals surface area contributed by atoms with E-state index < -0.39 is 0 Å². The van der Waals surface area contributed by atoms with E-state index in [2.05, 4.69) is 34.8 Å². The molecule has 0 saturated carbocycles. The molecular formula is C16H17BrClNO. The number of benzene rings is 1. The molecule has 2 nitrogen and oxygen atoms in total. The molecule has 20 heavy (non-hydrogen) atoms. The van der Waals surface area contributed by atoms with E-state index in [0.717, 1.165) is 31.9 Å². The van der Waals surface area contributed by atoms with Crippen molar-refractivity contribution < 1.29 is 4.74 Å². The van der Waals surface area contributed by atoms with Crippen molar-refractivity contribution in [2.24, 2.45) is 0 Å². The van der Waals surface area contributed by atoms with Crippen LogP contribution in [-0.2, 0) is 0 Å². The summed E-state index contributed by atoms with van der Waals surface area (Å²) in [7, 11) is 0. The van der Waals surface area contributed by atoms with E-state index in [1.54, 1.807) is 6.20 Å². The summed E-state index contributed by atoms with van der Waals surface area (Å²) in [4.78, 5) is 4.31. The second-order valence-corrected chi connectivity index (χ2v) is 6.46. The number of nitrogens with zero attached hydrogens (tertiary/aromatic N) is 1. The smallest absolute Gasteiger partial charge is 0.233 e. The van der Waals surface area contributed by atoms with Crippen molar-refractivity contribution in [3.63, 3.8) is 0 Å². The summed E-state index contributed by atoms with van der Waals surface area (Å²) in [6.45, 7) is 8.19. The first-order valence-electron chi connectivity index (χ1n) is 6.48. The average Bonchev–Trinajstić information content (AvgIpc) is 2.35. The Labute approximate surface area is 133 Å². The quantitative estimate of drug-likeness (QED) is 0.671. The zero-order chi connectivity index (χ0) is 14.9. The van der Waals surface area contributed by atoms with Gasteiger partial charge in [-0.25, -0.2) is 4.98 Å². The average molecular weight is 355 g/mol. The summed E-state index contributed by atoms with van der Waals surface area (Å²) in [6.07, 6.45) is 1.79. The van der Waals surface area contributed by atoms with Gasteiger partial charge in [0.1, 0.15) is 5.75 Å². The highest BCUT2D eigenvalue weighted by molar-refractivity contribution is 9.10. The van der Waals surface area contributed by atoms with Crippen LogP contribution in [0.25, 0.3) is 0 Å². The van der Waals surface area contributed by atoms with Crippen molar-refractivity contribution in [1.29, 1.82) is 0 Å². The first-order chi connectivity index (χ1) is 9.38. The van der Waals surface area contributed by atoms with E-state index in [-0.39, 0.29) is 0 Å². The normalized spacial score (nSPS) is 10.9. The largest absolute Gasteiger partial charge is 0.438 e. The Balaban J connectivity index is 2.40. The molecule has 0 unspecified atom stereocenters. The predicted octanol–water partition coefficient (Wildman–Crippen LogP) is 6.03. The topological polar surface area (TPSA) is 22.1 Å². The lowest BCUT2D eigenvalue weighted by Crippen LogP contribution is -1.96. The summed E-state index contributed by atoms with van der Waals surface area (Å²) in [5.41, 5.74) is 3.16. The minimum absolute atomic E-state index is 0.347. The molecule has 1 aromatic carbocycles. The van der Waals surface area contributed by atoms with Crippen LogP contribution >= 0.6 is 27.5 Å². The second kappa shape index (κ2) is 6.15. The monoisotopic (exact) mass is 353 g/mol. The molecule has 0 radical (unpaired) electrons. The number of aryl methyl sites for hydroxylation is 2. The summed E-state index contributed by atoms with van der Waals surface area (Å²) in [5, 5.41) is 0.779. The Morgan fingerprint density at radius 1 is 1.20 bits per heavy atom. The molecule has 0 bridgehead atoms. The van der Waals surface area contributed by atoms with E-state index in [1.807, 2.05) is 32.0 Å². The van der Waals surface area contributed by atoms with Crippen molar-refractivity contribution in [1.82, 2.24) is 4.98 Å². The van der Waals surface area contributed by atoms with Gasteiger partial charge in [-0.05, 0) is 70.6 Å². The lowest BCUT2D eigenvalue weighted by Gasteiger charge is -2.14. The van der Waals surface area contributed by atoms with E-state index in [4.69, 9.17) is 16.3 Å². The molecule has 106 valence electrons. The summed E-state index contributed by atoms with van der Waals surface area (Å²) in [5.74, 6) is 1.70. The van der Waals surface area contributed by atoms with E-state index in [0.29, 0.717) is 11.8 Å². The number of halogens is 2. The standard InChI is InChI=1S/C16H17BrClNO/c1-9(2)12-7-15(11(4)6-14(12)18)20-16-13(17)5-10(3)8-19-16/h5-9H,1-4H3. The van der Waals surface area contributed by atoms with Gasteiger partial charge in [0.15, 0.2) is 0 Å². The molecule has 0 saturated heterocycles. The fraction of sp³-hybridized carbons (Fsp3) is 0.312. The van der Waals surface area contributed by atoms with Crippen molar-refractivity contribution in [3.8, 4) is 11.6 Å². The number of pyridine rings is 1. The Kier molecular flexibility index (Phi) is 4.71. The zero-order valence-corrected chi connectivity index (χ0v) is 14.3. The van der Waals surface area contributed by atoms with Gasteiger partial charge >= 0.3 is 0 Å². The summed E-state index contributed by atoms with van der Waals surface area (Å²) in [6, 6.07) is 5.92. The molecule has 1 aromatic heterocycles. The molecule has 0 fully saturated rings. The maximum atomic E-state index is 6.27. The third-order valence-corrected chi connectivity index (χ3v) is 3.96. The number of hydrogen-bond acceptors (Lipinski definition) is 2. The second-order valence-electron chi connectivity index (χ2n) is 5.20. The van der Waals surface area contributed by atoms with Gasteiger partial charge in [-0.1, -0.05) is 25.4 Å². The molecule has 0 amide bonds.